The molecular formula is C22H24N2O5. The maximum atomic E-state index is 13.2. The zero-order valence-electron chi connectivity index (χ0n) is 17.0. The van der Waals surface area contributed by atoms with Crippen LogP contribution in [0.15, 0.2) is 36.4 Å². The van der Waals surface area contributed by atoms with Crippen molar-refractivity contribution in [3.8, 4) is 5.75 Å². The molecule has 7 heteroatoms. The van der Waals surface area contributed by atoms with Gasteiger partial charge in [-0.3, -0.25) is 24.2 Å². The van der Waals surface area contributed by atoms with E-state index in [2.05, 4.69) is 0 Å². The second-order valence-electron chi connectivity index (χ2n) is 6.83. The number of hydrogen-bond acceptors (Lipinski definition) is 5. The lowest BCUT2D eigenvalue weighted by Crippen LogP contribution is -2.50. The molecule has 1 aliphatic rings. The van der Waals surface area contributed by atoms with Crippen molar-refractivity contribution in [2.75, 3.05) is 36.6 Å². The van der Waals surface area contributed by atoms with E-state index in [1.807, 2.05) is 26.0 Å². The third-order valence-corrected chi connectivity index (χ3v) is 4.92. The van der Waals surface area contributed by atoms with Crippen LogP contribution in [0, 0.1) is 13.8 Å². The number of carbonyl (C=O) groups is 3. The summed E-state index contributed by atoms with van der Waals surface area (Å²) in [6.45, 7) is 5.46. The number of ether oxygens (including phenoxy) is 2. The molecule has 0 saturated carbocycles. The Morgan fingerprint density at radius 3 is 2.41 bits per heavy atom. The molecule has 0 atom stereocenters. The third-order valence-electron chi connectivity index (χ3n) is 4.92. The summed E-state index contributed by atoms with van der Waals surface area (Å²) in [7, 11) is 1.53. The molecule has 0 radical (unpaired) electrons. The Labute approximate surface area is 169 Å². The SMILES string of the molecule is CCOC(=O)CN1C(=O)CN(C(=O)c2cccc(OC)c2)c2cc(C)c(C)cc21. The molecule has 1 aliphatic heterocycles. The van der Waals surface area contributed by atoms with Gasteiger partial charge in [0.1, 0.15) is 18.8 Å². The fourth-order valence-electron chi connectivity index (χ4n) is 3.26. The van der Waals surface area contributed by atoms with Gasteiger partial charge in [0.15, 0.2) is 0 Å². The summed E-state index contributed by atoms with van der Waals surface area (Å²) >= 11 is 0. The van der Waals surface area contributed by atoms with E-state index in [1.165, 1.54) is 16.9 Å². The highest BCUT2D eigenvalue weighted by atomic mass is 16.5. The molecule has 29 heavy (non-hydrogen) atoms. The van der Waals surface area contributed by atoms with Crippen LogP contribution in [0.5, 0.6) is 5.75 Å². The lowest BCUT2D eigenvalue weighted by Gasteiger charge is -2.36. The van der Waals surface area contributed by atoms with E-state index in [9.17, 15) is 14.4 Å². The minimum Gasteiger partial charge on any atom is -0.497 e. The van der Waals surface area contributed by atoms with Crippen LogP contribution in [0.1, 0.15) is 28.4 Å². The van der Waals surface area contributed by atoms with Crippen molar-refractivity contribution >= 4 is 29.2 Å². The molecule has 2 aromatic carbocycles. The standard InChI is InChI=1S/C22H24N2O5/c1-5-29-21(26)13-23-18-9-14(2)15(3)10-19(18)24(12-20(23)25)22(27)16-7-6-8-17(11-16)28-4/h6-11H,5,12-13H2,1-4H3. The van der Waals surface area contributed by atoms with Gasteiger partial charge < -0.3 is 9.47 Å². The number of carbonyl (C=O) groups excluding carboxylic acids is 3. The number of aryl methyl sites for hydroxylation is 2. The number of hydrogen-bond donors (Lipinski definition) is 0. The lowest BCUT2D eigenvalue weighted by atomic mass is 10.0. The van der Waals surface area contributed by atoms with Crippen molar-refractivity contribution in [1.82, 2.24) is 0 Å². The lowest BCUT2D eigenvalue weighted by molar-refractivity contribution is -0.142. The van der Waals surface area contributed by atoms with Gasteiger partial charge in [0.25, 0.3) is 5.91 Å². The van der Waals surface area contributed by atoms with Crippen molar-refractivity contribution in [3.63, 3.8) is 0 Å². The molecule has 0 bridgehead atoms. The van der Waals surface area contributed by atoms with Crippen molar-refractivity contribution in [2.45, 2.75) is 20.8 Å². The van der Waals surface area contributed by atoms with E-state index >= 15 is 0 Å². The normalized spacial score (nSPS) is 13.2. The highest BCUT2D eigenvalue weighted by Gasteiger charge is 2.34. The zero-order valence-corrected chi connectivity index (χ0v) is 17.0. The van der Waals surface area contributed by atoms with Gasteiger partial charge in [-0.15, -0.1) is 0 Å². The summed E-state index contributed by atoms with van der Waals surface area (Å²) in [5.74, 6) is -0.580. The molecule has 0 aliphatic carbocycles. The van der Waals surface area contributed by atoms with Gasteiger partial charge in [0.2, 0.25) is 5.91 Å². The van der Waals surface area contributed by atoms with Gasteiger partial charge in [-0.2, -0.15) is 0 Å². The van der Waals surface area contributed by atoms with Crippen LogP contribution in [0.25, 0.3) is 0 Å². The molecule has 3 rings (SSSR count). The minimum absolute atomic E-state index is 0.162. The van der Waals surface area contributed by atoms with Gasteiger partial charge >= 0.3 is 5.97 Å². The molecule has 7 nitrogen and oxygen atoms in total. The minimum atomic E-state index is -0.488. The van der Waals surface area contributed by atoms with Crippen LogP contribution < -0.4 is 14.5 Å². The Kier molecular flexibility index (Phi) is 5.87. The summed E-state index contributed by atoms with van der Waals surface area (Å²) in [4.78, 5) is 40.9. The van der Waals surface area contributed by atoms with Gasteiger partial charge in [0.05, 0.1) is 25.1 Å². The number of esters is 1. The van der Waals surface area contributed by atoms with E-state index < -0.39 is 5.97 Å². The maximum Gasteiger partial charge on any atom is 0.326 e. The Balaban J connectivity index is 2.04. The Bertz CT molecular complexity index is 970. The first-order valence-electron chi connectivity index (χ1n) is 9.38. The Morgan fingerprint density at radius 1 is 1.07 bits per heavy atom. The van der Waals surface area contributed by atoms with Gasteiger partial charge in [0, 0.05) is 5.56 Å². The van der Waals surface area contributed by atoms with Crippen molar-refractivity contribution in [1.29, 1.82) is 0 Å². The van der Waals surface area contributed by atoms with Crippen LogP contribution in [-0.2, 0) is 14.3 Å². The number of methoxy groups -OCH3 is 1. The first-order chi connectivity index (χ1) is 13.8. The van der Waals surface area contributed by atoms with Crippen molar-refractivity contribution in [3.05, 3.63) is 53.1 Å². The van der Waals surface area contributed by atoms with Crippen LogP contribution in [0.3, 0.4) is 0 Å². The van der Waals surface area contributed by atoms with Gasteiger partial charge in [-0.25, -0.2) is 0 Å². The first kappa shape index (κ1) is 20.4. The molecule has 0 N–H and O–H groups in total. The second kappa shape index (κ2) is 8.34. The van der Waals surface area contributed by atoms with Crippen LogP contribution >= 0.6 is 0 Å². The topological polar surface area (TPSA) is 76.2 Å². The van der Waals surface area contributed by atoms with Crippen LogP contribution in [0.2, 0.25) is 0 Å². The third kappa shape index (κ3) is 4.08. The van der Waals surface area contributed by atoms with Crippen LogP contribution in [0.4, 0.5) is 11.4 Å². The predicted molar refractivity (Wildman–Crippen MR) is 110 cm³/mol. The smallest absolute Gasteiger partial charge is 0.326 e. The first-order valence-corrected chi connectivity index (χ1v) is 9.38. The zero-order chi connectivity index (χ0) is 21.1. The van der Waals surface area contributed by atoms with E-state index in [0.29, 0.717) is 22.7 Å². The van der Waals surface area contributed by atoms with Gasteiger partial charge in [-0.1, -0.05) is 6.07 Å². The molecule has 0 aromatic heterocycles. The van der Waals surface area contributed by atoms with E-state index in [0.717, 1.165) is 11.1 Å². The van der Waals surface area contributed by atoms with E-state index in [-0.39, 0.29) is 31.5 Å². The fourth-order valence-corrected chi connectivity index (χ4v) is 3.26. The number of nitrogens with zero attached hydrogens (tertiary/aromatic N) is 2. The molecule has 0 fully saturated rings. The summed E-state index contributed by atoms with van der Waals surface area (Å²) < 4.78 is 10.2. The molecule has 2 amide bonds. The maximum absolute atomic E-state index is 13.2. The highest BCUT2D eigenvalue weighted by molar-refractivity contribution is 6.17. The average Bonchev–Trinajstić information content (AvgIpc) is 2.71. The summed E-state index contributed by atoms with van der Waals surface area (Å²) in [5.41, 5.74) is 3.47. The molecule has 0 unspecified atom stereocenters. The Morgan fingerprint density at radius 2 is 1.76 bits per heavy atom. The molecule has 0 saturated heterocycles. The quantitative estimate of drug-likeness (QED) is 0.727. The average molecular weight is 396 g/mol. The largest absolute Gasteiger partial charge is 0.497 e. The van der Waals surface area contributed by atoms with Crippen LogP contribution in [-0.4, -0.2) is 44.6 Å². The van der Waals surface area contributed by atoms with Gasteiger partial charge in [-0.05, 0) is 62.2 Å². The Hall–Kier alpha value is -3.35. The number of anilines is 2. The summed E-state index contributed by atoms with van der Waals surface area (Å²) in [6.07, 6.45) is 0. The molecular weight excluding hydrogens is 372 g/mol. The number of fused-ring (bicyclic) bond motifs is 1. The van der Waals surface area contributed by atoms with Crippen molar-refractivity contribution < 1.29 is 23.9 Å². The monoisotopic (exact) mass is 396 g/mol. The summed E-state index contributed by atoms with van der Waals surface area (Å²) in [5, 5.41) is 0. The van der Waals surface area contributed by atoms with Crippen molar-refractivity contribution in [2.24, 2.45) is 0 Å². The fraction of sp³-hybridized carbons (Fsp3) is 0.318. The molecule has 2 aromatic rings. The number of amides is 2. The summed E-state index contributed by atoms with van der Waals surface area (Å²) in [6, 6.07) is 10.5. The molecule has 152 valence electrons. The second-order valence-corrected chi connectivity index (χ2v) is 6.83. The molecule has 0 spiro atoms. The van der Waals surface area contributed by atoms with E-state index in [4.69, 9.17) is 9.47 Å². The highest BCUT2D eigenvalue weighted by Crippen LogP contribution is 2.37. The molecule has 1 heterocycles. The number of benzene rings is 2. The van der Waals surface area contributed by atoms with E-state index in [1.54, 1.807) is 31.2 Å². The predicted octanol–water partition coefficient (Wildman–Crippen LogP) is 2.87. The number of rotatable bonds is 5.